The monoisotopic (exact) mass is 265 g/mol. The first-order valence-corrected chi connectivity index (χ1v) is 5.94. The summed E-state index contributed by atoms with van der Waals surface area (Å²) in [7, 11) is 0. The molecule has 0 aliphatic rings. The maximum absolute atomic E-state index is 10.9. The van der Waals surface area contributed by atoms with E-state index in [2.05, 4.69) is 0 Å². The van der Waals surface area contributed by atoms with Gasteiger partial charge in [0.2, 0.25) is 5.72 Å². The lowest BCUT2D eigenvalue weighted by Crippen LogP contribution is -2.72. The number of hydrogen-bond donors (Lipinski definition) is 6. The van der Waals surface area contributed by atoms with Gasteiger partial charge in [-0.2, -0.15) is 0 Å². The van der Waals surface area contributed by atoms with Crippen LogP contribution in [0.5, 0.6) is 0 Å². The lowest BCUT2D eigenvalue weighted by atomic mass is 9.79. The average Bonchev–Trinajstić information content (AvgIpc) is 2.27. The third kappa shape index (κ3) is 3.39. The van der Waals surface area contributed by atoms with Gasteiger partial charge < -0.3 is 25.5 Å². The van der Waals surface area contributed by atoms with Crippen LogP contribution in [0.25, 0.3) is 0 Å². The van der Waals surface area contributed by atoms with Crippen molar-refractivity contribution in [3.8, 4) is 0 Å². The molecule has 0 radical (unpaired) electrons. The number of carboxylic acid groups (broad SMARTS) is 1. The Balaban J connectivity index is 5.20. The number of nitrogens with two attached hydrogens (primary N) is 1. The molecule has 0 saturated heterocycles. The van der Waals surface area contributed by atoms with E-state index in [0.29, 0.717) is 12.8 Å². The van der Waals surface area contributed by atoms with Gasteiger partial charge in [-0.05, 0) is 13.3 Å². The van der Waals surface area contributed by atoms with Gasteiger partial charge in [0.25, 0.3) is 0 Å². The fraction of sp³-hybridized carbons (Fsp3) is 0.909. The Labute approximate surface area is 106 Å². The predicted molar refractivity (Wildman–Crippen MR) is 63.6 cm³/mol. The third-order valence-electron chi connectivity index (χ3n) is 3.09. The second-order valence-corrected chi connectivity index (χ2v) is 4.64. The van der Waals surface area contributed by atoms with Crippen molar-refractivity contribution in [3.05, 3.63) is 0 Å². The van der Waals surface area contributed by atoms with Gasteiger partial charge in [0.1, 0.15) is 11.7 Å². The van der Waals surface area contributed by atoms with Gasteiger partial charge in [-0.15, -0.1) is 0 Å². The SMILES string of the molecule is CCCCCC(O)(C(O)C(C)O)C(N)(O)C(=O)O. The molecular weight excluding hydrogens is 242 g/mol. The van der Waals surface area contributed by atoms with Crippen molar-refractivity contribution in [2.24, 2.45) is 5.73 Å². The van der Waals surface area contributed by atoms with Crippen LogP contribution in [0, 0.1) is 0 Å². The topological polar surface area (TPSA) is 144 Å². The Bertz CT molecular complexity index is 281. The summed E-state index contributed by atoms with van der Waals surface area (Å²) >= 11 is 0. The predicted octanol–water partition coefficient (Wildman–Crippen LogP) is -1.23. The number of aliphatic hydroxyl groups is 4. The first kappa shape index (κ1) is 17.3. The van der Waals surface area contributed by atoms with Gasteiger partial charge in [-0.1, -0.05) is 26.2 Å². The van der Waals surface area contributed by atoms with Crippen LogP contribution in [-0.2, 0) is 4.79 Å². The van der Waals surface area contributed by atoms with Crippen molar-refractivity contribution in [2.75, 3.05) is 0 Å². The molecule has 0 heterocycles. The largest absolute Gasteiger partial charge is 0.478 e. The number of aliphatic hydroxyl groups excluding tert-OH is 2. The molecule has 0 spiro atoms. The van der Waals surface area contributed by atoms with Crippen molar-refractivity contribution in [1.29, 1.82) is 0 Å². The molecule has 18 heavy (non-hydrogen) atoms. The van der Waals surface area contributed by atoms with Crippen LogP contribution in [0.4, 0.5) is 0 Å². The van der Waals surface area contributed by atoms with Crippen molar-refractivity contribution in [1.82, 2.24) is 0 Å². The lowest BCUT2D eigenvalue weighted by molar-refractivity contribution is -0.231. The Kier molecular flexibility index (Phi) is 6.18. The van der Waals surface area contributed by atoms with Gasteiger partial charge in [0.15, 0.2) is 0 Å². The first-order chi connectivity index (χ1) is 8.11. The third-order valence-corrected chi connectivity index (χ3v) is 3.09. The van der Waals surface area contributed by atoms with Gasteiger partial charge in [0.05, 0.1) is 6.10 Å². The van der Waals surface area contributed by atoms with Crippen molar-refractivity contribution in [3.63, 3.8) is 0 Å². The molecule has 4 atom stereocenters. The summed E-state index contributed by atoms with van der Waals surface area (Å²) < 4.78 is 0. The van der Waals surface area contributed by atoms with Crippen molar-refractivity contribution >= 4 is 5.97 Å². The van der Waals surface area contributed by atoms with Gasteiger partial charge in [0, 0.05) is 0 Å². The second-order valence-electron chi connectivity index (χ2n) is 4.64. The second kappa shape index (κ2) is 6.44. The molecule has 4 unspecified atom stereocenters. The van der Waals surface area contributed by atoms with Crippen LogP contribution in [0.15, 0.2) is 0 Å². The summed E-state index contributed by atoms with van der Waals surface area (Å²) in [6, 6.07) is 0. The first-order valence-electron chi connectivity index (χ1n) is 5.94. The summed E-state index contributed by atoms with van der Waals surface area (Å²) in [5.74, 6) is -1.86. The summed E-state index contributed by atoms with van der Waals surface area (Å²) in [4.78, 5) is 10.9. The van der Waals surface area contributed by atoms with E-state index in [-0.39, 0.29) is 6.42 Å². The fourth-order valence-corrected chi connectivity index (χ4v) is 1.79. The van der Waals surface area contributed by atoms with Crippen LogP contribution < -0.4 is 5.73 Å². The Morgan fingerprint density at radius 2 is 1.78 bits per heavy atom. The summed E-state index contributed by atoms with van der Waals surface area (Å²) in [6.07, 6.45) is -1.68. The lowest BCUT2D eigenvalue weighted by Gasteiger charge is -2.42. The van der Waals surface area contributed by atoms with Gasteiger partial charge in [-0.25, -0.2) is 4.79 Å². The molecule has 0 aromatic rings. The van der Waals surface area contributed by atoms with Crippen molar-refractivity contribution in [2.45, 2.75) is 63.1 Å². The molecule has 0 fully saturated rings. The molecule has 0 aromatic heterocycles. The number of unbranched alkanes of at least 4 members (excludes halogenated alkanes) is 2. The van der Waals surface area contributed by atoms with Crippen LogP contribution in [-0.4, -0.2) is 55.0 Å². The van der Waals surface area contributed by atoms with E-state index in [1.165, 1.54) is 6.92 Å². The highest BCUT2D eigenvalue weighted by Crippen LogP contribution is 2.30. The molecule has 0 aliphatic heterocycles. The van der Waals surface area contributed by atoms with E-state index in [1.54, 1.807) is 0 Å². The van der Waals surface area contributed by atoms with Crippen molar-refractivity contribution < 1.29 is 30.3 Å². The Morgan fingerprint density at radius 3 is 2.11 bits per heavy atom. The zero-order chi connectivity index (χ0) is 14.6. The molecule has 7 nitrogen and oxygen atoms in total. The number of hydrogen-bond acceptors (Lipinski definition) is 6. The quantitative estimate of drug-likeness (QED) is 0.238. The zero-order valence-electron chi connectivity index (χ0n) is 10.7. The maximum Gasteiger partial charge on any atom is 0.354 e. The number of aliphatic carboxylic acids is 1. The zero-order valence-corrected chi connectivity index (χ0v) is 10.7. The highest BCUT2D eigenvalue weighted by Gasteiger charge is 2.57. The summed E-state index contributed by atoms with van der Waals surface area (Å²) in [5, 5.41) is 47.7. The average molecular weight is 265 g/mol. The fourth-order valence-electron chi connectivity index (χ4n) is 1.79. The molecule has 0 aromatic carbocycles. The normalized spacial score (nSPS) is 21.7. The minimum Gasteiger partial charge on any atom is -0.478 e. The molecular formula is C11H23NO6. The van der Waals surface area contributed by atoms with Crippen LogP contribution in [0.3, 0.4) is 0 Å². The maximum atomic E-state index is 10.9. The minimum absolute atomic E-state index is 0.230. The molecule has 7 N–H and O–H groups in total. The minimum atomic E-state index is -3.03. The number of rotatable bonds is 8. The van der Waals surface area contributed by atoms with Gasteiger partial charge in [-0.3, -0.25) is 5.73 Å². The highest BCUT2D eigenvalue weighted by atomic mass is 16.4. The van der Waals surface area contributed by atoms with E-state index < -0.39 is 29.5 Å². The molecule has 7 heteroatoms. The smallest absolute Gasteiger partial charge is 0.354 e. The Hall–Kier alpha value is -0.730. The van der Waals surface area contributed by atoms with Gasteiger partial charge >= 0.3 is 5.97 Å². The number of carboxylic acids is 1. The van der Waals surface area contributed by atoms with E-state index in [9.17, 15) is 25.2 Å². The van der Waals surface area contributed by atoms with E-state index in [1.807, 2.05) is 6.92 Å². The molecule has 0 saturated carbocycles. The van der Waals surface area contributed by atoms with E-state index >= 15 is 0 Å². The van der Waals surface area contributed by atoms with E-state index in [0.717, 1.165) is 6.42 Å². The Morgan fingerprint density at radius 1 is 1.28 bits per heavy atom. The molecule has 0 rings (SSSR count). The summed E-state index contributed by atoms with van der Waals surface area (Å²) in [6.45, 7) is 3.07. The molecule has 0 aliphatic carbocycles. The summed E-state index contributed by atoms with van der Waals surface area (Å²) in [5.41, 5.74) is -0.348. The van der Waals surface area contributed by atoms with E-state index in [4.69, 9.17) is 10.8 Å². The molecule has 0 amide bonds. The number of carbonyl (C=O) groups is 1. The highest BCUT2D eigenvalue weighted by molar-refractivity contribution is 5.78. The molecule has 0 bridgehead atoms. The van der Waals surface area contributed by atoms with Crippen LogP contribution in [0.1, 0.15) is 39.5 Å². The standard InChI is InChI=1S/C11H23NO6/c1-3-4-5-6-10(17,8(14)7(2)13)11(12,18)9(15)16/h7-8,13-14,17-18H,3-6,12H2,1-2H3,(H,15,16). The molecule has 108 valence electrons. The van der Waals surface area contributed by atoms with Crippen LogP contribution in [0.2, 0.25) is 0 Å². The van der Waals surface area contributed by atoms with Crippen LogP contribution >= 0.6 is 0 Å².